The summed E-state index contributed by atoms with van der Waals surface area (Å²) in [4.78, 5) is 9.98. The Morgan fingerprint density at radius 2 is 1.20 bits per heavy atom. The molecule has 0 saturated heterocycles. The predicted molar refractivity (Wildman–Crippen MR) is 206 cm³/mol. The van der Waals surface area contributed by atoms with Gasteiger partial charge in [-0.05, 0) is 79.3 Å². The van der Waals surface area contributed by atoms with E-state index in [1.54, 1.807) is 0 Å². The number of hydrogen-bond donors (Lipinski definition) is 1. The second-order valence-corrected chi connectivity index (χ2v) is 12.4. The number of nitrogens with zero attached hydrogens (tertiary/aromatic N) is 2. The van der Waals surface area contributed by atoms with Gasteiger partial charge < -0.3 is 10.2 Å². The molecule has 0 fully saturated rings. The van der Waals surface area contributed by atoms with Crippen LogP contribution in [0.5, 0.6) is 0 Å². The van der Waals surface area contributed by atoms with Crippen LogP contribution in [0.4, 0.5) is 0 Å². The minimum atomic E-state index is 0.388. The van der Waals surface area contributed by atoms with Gasteiger partial charge in [-0.1, -0.05) is 133 Å². The van der Waals surface area contributed by atoms with Gasteiger partial charge in [0.1, 0.15) is 17.0 Å². The molecule has 0 aliphatic rings. The number of rotatable bonds is 5. The van der Waals surface area contributed by atoms with Crippen LogP contribution >= 0.6 is 0 Å². The molecule has 49 heavy (non-hydrogen) atoms. The molecule has 232 valence electrons. The molecule has 1 heterocycles. The average Bonchev–Trinajstić information content (AvgIpc) is 3.54. The van der Waals surface area contributed by atoms with Gasteiger partial charge in [0, 0.05) is 21.9 Å². The van der Waals surface area contributed by atoms with E-state index in [-0.39, 0.29) is 0 Å². The van der Waals surface area contributed by atoms with Crippen molar-refractivity contribution in [2.24, 2.45) is 15.7 Å². The lowest BCUT2D eigenvalue weighted by Gasteiger charge is -2.08. The molecule has 0 aliphatic carbocycles. The van der Waals surface area contributed by atoms with E-state index in [0.29, 0.717) is 18.2 Å². The topological polar surface area (TPSA) is 63.9 Å². The van der Waals surface area contributed by atoms with E-state index in [4.69, 9.17) is 20.1 Å². The van der Waals surface area contributed by atoms with Crippen molar-refractivity contribution in [3.8, 4) is 11.1 Å². The SMILES string of the molecule is NC(=NC(=NCc1ccccc1)c1ccc2ccccc2c1)c1cccc2oc3cc(-c4ccc5ccc6ccccc6c5c4)ccc3c12. The number of fused-ring (bicyclic) bond motifs is 7. The lowest BCUT2D eigenvalue weighted by Crippen LogP contribution is -2.17. The van der Waals surface area contributed by atoms with E-state index in [2.05, 4.69) is 115 Å². The van der Waals surface area contributed by atoms with Crippen molar-refractivity contribution in [1.29, 1.82) is 0 Å². The normalized spacial score (nSPS) is 12.5. The number of nitrogens with two attached hydrogens (primary N) is 1. The highest BCUT2D eigenvalue weighted by Crippen LogP contribution is 2.36. The van der Waals surface area contributed by atoms with Crippen molar-refractivity contribution in [2.75, 3.05) is 0 Å². The number of amidine groups is 2. The van der Waals surface area contributed by atoms with Gasteiger partial charge in [0.25, 0.3) is 0 Å². The molecule has 4 heteroatoms. The van der Waals surface area contributed by atoms with Gasteiger partial charge in [-0.3, -0.25) is 4.99 Å². The third kappa shape index (κ3) is 5.30. The number of benzene rings is 8. The fourth-order valence-electron chi connectivity index (χ4n) is 6.84. The highest BCUT2D eigenvalue weighted by atomic mass is 16.3. The maximum absolute atomic E-state index is 6.88. The van der Waals surface area contributed by atoms with E-state index in [1.807, 2.05) is 48.5 Å². The van der Waals surface area contributed by atoms with E-state index >= 15 is 0 Å². The van der Waals surface area contributed by atoms with Crippen LogP contribution in [0.15, 0.2) is 178 Å². The highest BCUT2D eigenvalue weighted by molar-refractivity contribution is 6.21. The largest absolute Gasteiger partial charge is 0.456 e. The summed E-state index contributed by atoms with van der Waals surface area (Å²) in [5.41, 5.74) is 13.5. The zero-order valence-electron chi connectivity index (χ0n) is 26.7. The molecule has 1 aromatic heterocycles. The second-order valence-electron chi connectivity index (χ2n) is 12.4. The molecule has 0 bridgehead atoms. The molecule has 0 aliphatic heterocycles. The molecule has 4 nitrogen and oxygen atoms in total. The van der Waals surface area contributed by atoms with Gasteiger partial charge in [0.15, 0.2) is 5.84 Å². The van der Waals surface area contributed by atoms with Crippen LogP contribution < -0.4 is 5.73 Å². The van der Waals surface area contributed by atoms with Gasteiger partial charge in [-0.2, -0.15) is 0 Å². The Labute approximate surface area is 283 Å². The summed E-state index contributed by atoms with van der Waals surface area (Å²) in [5.74, 6) is 0.974. The van der Waals surface area contributed by atoms with E-state index in [9.17, 15) is 0 Å². The summed E-state index contributed by atoms with van der Waals surface area (Å²) in [6, 6.07) is 56.7. The summed E-state index contributed by atoms with van der Waals surface area (Å²) in [6.45, 7) is 0.492. The molecule has 0 spiro atoms. The van der Waals surface area contributed by atoms with Crippen LogP contribution in [-0.4, -0.2) is 11.7 Å². The summed E-state index contributed by atoms with van der Waals surface area (Å²) in [5, 5.41) is 9.17. The first-order valence-electron chi connectivity index (χ1n) is 16.5. The molecule has 8 aromatic carbocycles. The van der Waals surface area contributed by atoms with Crippen molar-refractivity contribution in [2.45, 2.75) is 6.54 Å². The Morgan fingerprint density at radius 3 is 2.08 bits per heavy atom. The summed E-state index contributed by atoms with van der Waals surface area (Å²) in [7, 11) is 0. The Morgan fingerprint density at radius 1 is 0.510 bits per heavy atom. The first-order chi connectivity index (χ1) is 24.2. The van der Waals surface area contributed by atoms with Crippen LogP contribution in [0, 0.1) is 0 Å². The molecule has 0 radical (unpaired) electrons. The van der Waals surface area contributed by atoms with Gasteiger partial charge in [0.05, 0.1) is 6.54 Å². The Hall–Kier alpha value is -6.52. The van der Waals surface area contributed by atoms with Crippen LogP contribution in [0.2, 0.25) is 0 Å². The molecule has 9 aromatic rings. The fraction of sp³-hybridized carbons (Fsp3) is 0.0222. The number of furan rings is 1. The van der Waals surface area contributed by atoms with Crippen molar-refractivity contribution < 1.29 is 4.42 Å². The maximum Gasteiger partial charge on any atom is 0.157 e. The number of hydrogen-bond acceptors (Lipinski definition) is 2. The molecule has 0 saturated carbocycles. The minimum Gasteiger partial charge on any atom is -0.456 e. The smallest absolute Gasteiger partial charge is 0.157 e. The van der Waals surface area contributed by atoms with Crippen molar-refractivity contribution >= 4 is 65.9 Å². The Bertz CT molecular complexity index is 2760. The van der Waals surface area contributed by atoms with Crippen LogP contribution in [0.25, 0.3) is 65.4 Å². The molecule has 0 unspecified atom stereocenters. The Kier molecular flexibility index (Phi) is 6.98. The first kappa shape index (κ1) is 28.7. The summed E-state index contributed by atoms with van der Waals surface area (Å²) in [6.07, 6.45) is 0. The number of aliphatic imine (C=N–C) groups is 2. The van der Waals surface area contributed by atoms with E-state index in [0.717, 1.165) is 60.5 Å². The van der Waals surface area contributed by atoms with Gasteiger partial charge in [-0.15, -0.1) is 0 Å². The highest BCUT2D eigenvalue weighted by Gasteiger charge is 2.16. The van der Waals surface area contributed by atoms with Gasteiger partial charge in [0.2, 0.25) is 0 Å². The molecule has 2 N–H and O–H groups in total. The third-order valence-corrected chi connectivity index (χ3v) is 9.34. The van der Waals surface area contributed by atoms with E-state index < -0.39 is 0 Å². The van der Waals surface area contributed by atoms with Gasteiger partial charge >= 0.3 is 0 Å². The van der Waals surface area contributed by atoms with Crippen molar-refractivity contribution in [1.82, 2.24) is 0 Å². The molecule has 0 atom stereocenters. The summed E-state index contributed by atoms with van der Waals surface area (Å²) < 4.78 is 6.47. The van der Waals surface area contributed by atoms with Crippen LogP contribution in [-0.2, 0) is 6.54 Å². The summed E-state index contributed by atoms with van der Waals surface area (Å²) >= 11 is 0. The minimum absolute atomic E-state index is 0.388. The van der Waals surface area contributed by atoms with Crippen LogP contribution in [0.1, 0.15) is 16.7 Å². The maximum atomic E-state index is 6.88. The van der Waals surface area contributed by atoms with Crippen molar-refractivity contribution in [3.63, 3.8) is 0 Å². The fourth-order valence-corrected chi connectivity index (χ4v) is 6.84. The molecule has 9 rings (SSSR count). The molecule has 0 amide bonds. The predicted octanol–water partition coefficient (Wildman–Crippen LogP) is 11.1. The first-order valence-corrected chi connectivity index (χ1v) is 16.5. The quantitative estimate of drug-likeness (QED) is 0.117. The molecular weight excluding hydrogens is 599 g/mol. The standard InChI is InChI=1S/C45H31N3O/c46-44(48-45(47-28-29-9-2-1-3-10-29)36-22-17-30-11-4-5-13-33(30)25-36)39-15-8-16-41-43(39)38-24-23-35(27-42(38)49-41)34-21-20-32-19-18-31-12-6-7-14-37(31)40(32)26-34/h1-27H,28H2,(H2,46,47,48). The van der Waals surface area contributed by atoms with Gasteiger partial charge in [-0.25, -0.2) is 4.99 Å². The van der Waals surface area contributed by atoms with Crippen LogP contribution in [0.3, 0.4) is 0 Å². The monoisotopic (exact) mass is 629 g/mol. The zero-order valence-corrected chi connectivity index (χ0v) is 26.7. The average molecular weight is 630 g/mol. The lowest BCUT2D eigenvalue weighted by molar-refractivity contribution is 0.669. The zero-order chi connectivity index (χ0) is 32.7. The second kappa shape index (κ2) is 11.9. The van der Waals surface area contributed by atoms with Crippen molar-refractivity contribution in [3.05, 3.63) is 180 Å². The lowest BCUT2D eigenvalue weighted by atomic mass is 9.96. The molecular formula is C45H31N3O. The van der Waals surface area contributed by atoms with E-state index in [1.165, 1.54) is 21.5 Å². The third-order valence-electron chi connectivity index (χ3n) is 9.34. The Balaban J connectivity index is 1.14.